The van der Waals surface area contributed by atoms with Gasteiger partial charge in [-0.05, 0) is 37.1 Å². The number of fused-ring (bicyclic) bond motifs is 4. The second-order valence-electron chi connectivity index (χ2n) is 10.7. The number of aryl methyl sites for hydroxylation is 1. The molecule has 2 bridgehead atoms. The molecule has 1 aliphatic rings. The fraction of sp³-hybridized carbons (Fsp3) is 0.267. The van der Waals surface area contributed by atoms with Crippen molar-refractivity contribution in [1.82, 2.24) is 39.3 Å². The van der Waals surface area contributed by atoms with E-state index in [9.17, 15) is 22.8 Å². The number of anilines is 1. The van der Waals surface area contributed by atoms with Crippen LogP contribution < -0.4 is 10.9 Å². The Morgan fingerprint density at radius 2 is 1.90 bits per heavy atom. The van der Waals surface area contributed by atoms with Crippen LogP contribution in [0.4, 0.5) is 23.2 Å². The van der Waals surface area contributed by atoms with Crippen LogP contribution in [-0.4, -0.2) is 62.5 Å². The molecule has 5 heterocycles. The number of pyridine rings is 1. The number of alkyl halides is 3. The van der Waals surface area contributed by atoms with Gasteiger partial charge < -0.3 is 10.4 Å². The van der Waals surface area contributed by atoms with Gasteiger partial charge in [-0.25, -0.2) is 18.9 Å². The maximum absolute atomic E-state index is 15.4. The van der Waals surface area contributed by atoms with Crippen LogP contribution in [0.2, 0.25) is 10.2 Å². The number of aliphatic carboxylic acids is 1. The lowest BCUT2D eigenvalue weighted by Gasteiger charge is -2.22. The number of nitrogens with zero attached hydrogens (tertiary/aromatic N) is 8. The number of hydrogen-bond acceptors (Lipinski definition) is 8. The topological polar surface area (TPSA) is 163 Å². The van der Waals surface area contributed by atoms with Crippen LogP contribution in [-0.2, 0) is 16.6 Å². The molecule has 0 saturated heterocycles. The summed E-state index contributed by atoms with van der Waals surface area (Å²) in [4.78, 5) is 44.6. The standard InChI is InChI=1S/C28H24Cl2FN9O2.C2HF3O2/c1-15-4-3-5-21(18-10-16(8-9-32-18)27-20(35-28(15)42)12-34-38(27)2)39-14-33-19(11-24(39)41)25-22(7-6-17(29)26(25)31)40-13-23(30)36-37-40;3-2(4,5)1(6)7/h6-15,21H,3-5H2,1-2H3,(H,35,42);(H,6,7)/t15-,21+;/m1./s1/i2D3;. The first-order valence-electron chi connectivity index (χ1n) is 15.7. The maximum Gasteiger partial charge on any atom is 0.490 e. The fourth-order valence-electron chi connectivity index (χ4n) is 5.05. The van der Waals surface area contributed by atoms with E-state index in [2.05, 4.69) is 30.7 Å². The number of benzene rings is 1. The summed E-state index contributed by atoms with van der Waals surface area (Å²) in [6.07, 6.45) is 1.81. The van der Waals surface area contributed by atoms with Crippen molar-refractivity contribution >= 4 is 40.8 Å². The van der Waals surface area contributed by atoms with Gasteiger partial charge in [0, 0.05) is 34.8 Å². The summed E-state index contributed by atoms with van der Waals surface area (Å²) < 4.78 is 74.6. The van der Waals surface area contributed by atoms with Crippen molar-refractivity contribution in [3.05, 3.63) is 87.3 Å². The molecule has 5 aromatic rings. The molecule has 1 aromatic carbocycles. The molecule has 0 radical (unpaired) electrons. The van der Waals surface area contributed by atoms with Crippen molar-refractivity contribution in [3.63, 3.8) is 0 Å². The van der Waals surface area contributed by atoms with Crippen molar-refractivity contribution in [2.75, 3.05) is 5.32 Å². The molecule has 0 spiro atoms. The van der Waals surface area contributed by atoms with E-state index >= 15 is 4.39 Å². The molecule has 0 saturated carbocycles. The summed E-state index contributed by atoms with van der Waals surface area (Å²) in [7, 11) is 0. The third-order valence-corrected chi connectivity index (χ3v) is 7.91. The van der Waals surface area contributed by atoms with Crippen LogP contribution in [0.3, 0.4) is 0 Å². The van der Waals surface area contributed by atoms with E-state index < -0.39 is 42.5 Å². The molecule has 1 aliphatic heterocycles. The number of rotatable bonds is 3. The van der Waals surface area contributed by atoms with Crippen molar-refractivity contribution < 1.29 is 36.4 Å². The van der Waals surface area contributed by atoms with E-state index in [1.165, 1.54) is 52.4 Å². The van der Waals surface area contributed by atoms with E-state index in [4.69, 9.17) is 37.2 Å². The predicted molar refractivity (Wildman–Crippen MR) is 169 cm³/mol. The Balaban J connectivity index is 0.000000679. The smallest absolute Gasteiger partial charge is 0.475 e. The lowest BCUT2D eigenvalue weighted by Crippen LogP contribution is -2.27. The lowest BCUT2D eigenvalue weighted by atomic mass is 9.97. The van der Waals surface area contributed by atoms with E-state index in [0.717, 1.165) is 4.68 Å². The molecule has 6 rings (SSSR count). The number of carboxylic acid groups (broad SMARTS) is 1. The molecule has 256 valence electrons. The molecule has 0 fully saturated rings. The zero-order valence-corrected chi connectivity index (χ0v) is 26.5. The number of carbonyl (C=O) groups excluding carboxylic acids is 1. The number of carbonyl (C=O) groups is 2. The van der Waals surface area contributed by atoms with Crippen LogP contribution in [0.25, 0.3) is 28.2 Å². The van der Waals surface area contributed by atoms with Gasteiger partial charge in [-0.15, -0.1) is 5.10 Å². The van der Waals surface area contributed by atoms with Gasteiger partial charge in [0.15, 0.2) is 11.0 Å². The van der Waals surface area contributed by atoms with Crippen LogP contribution in [0.5, 0.6) is 0 Å². The Labute approximate surface area is 288 Å². The minimum Gasteiger partial charge on any atom is -0.475 e. The minimum atomic E-state index is -5.08. The second-order valence-corrected chi connectivity index (χ2v) is 11.5. The van der Waals surface area contributed by atoms with Gasteiger partial charge in [0.2, 0.25) is 5.91 Å². The first-order valence-corrected chi connectivity index (χ1v) is 14.9. The first kappa shape index (κ1) is 31.1. The van der Waals surface area contributed by atoms with Crippen LogP contribution in [0, 0.1) is 11.7 Å². The molecule has 1 amide bonds. The predicted octanol–water partition coefficient (Wildman–Crippen LogP) is 5.71. The molecular formula is C30H25Cl2F4N9O4. The monoisotopic (exact) mass is 724 g/mol. The van der Waals surface area contributed by atoms with E-state index in [-0.39, 0.29) is 44.4 Å². The van der Waals surface area contributed by atoms with E-state index in [1.807, 2.05) is 0 Å². The zero-order valence-electron chi connectivity index (χ0n) is 28.0. The van der Waals surface area contributed by atoms with Crippen LogP contribution in [0.15, 0.2) is 60.0 Å². The average Bonchev–Trinajstić information content (AvgIpc) is 3.70. The summed E-state index contributed by atoms with van der Waals surface area (Å²) in [5.41, 5.74) is 0.948. The van der Waals surface area contributed by atoms with Crippen LogP contribution >= 0.6 is 23.2 Å². The molecule has 49 heavy (non-hydrogen) atoms. The summed E-state index contributed by atoms with van der Waals surface area (Å²) in [5.74, 6) is -4.27. The Morgan fingerprint density at radius 1 is 1.14 bits per heavy atom. The Bertz CT molecular complexity index is 2210. The van der Waals surface area contributed by atoms with Gasteiger partial charge >= 0.3 is 12.1 Å². The maximum atomic E-state index is 15.4. The summed E-state index contributed by atoms with van der Waals surface area (Å²) in [5, 5.41) is 21.5. The highest BCUT2D eigenvalue weighted by Crippen LogP contribution is 2.34. The van der Waals surface area contributed by atoms with E-state index in [0.29, 0.717) is 30.5 Å². The first-order chi connectivity index (χ1) is 24.4. The Kier molecular flexibility index (Phi) is 8.98. The number of halogens is 6. The summed E-state index contributed by atoms with van der Waals surface area (Å²) in [6, 6.07) is 6.66. The second kappa shape index (κ2) is 14.1. The molecule has 0 unspecified atom stereocenters. The zero-order chi connectivity index (χ0) is 38.1. The number of carboxylic acids is 1. The quantitative estimate of drug-likeness (QED) is 0.222. The lowest BCUT2D eigenvalue weighted by molar-refractivity contribution is -0.192. The van der Waals surface area contributed by atoms with Crippen molar-refractivity contribution in [3.8, 4) is 28.2 Å². The molecular weight excluding hydrogens is 697 g/mol. The van der Waals surface area contributed by atoms with Gasteiger partial charge in [-0.3, -0.25) is 23.8 Å². The number of aromatic nitrogens is 8. The third-order valence-electron chi connectivity index (χ3n) is 7.44. The normalized spacial score (nSPS) is 17.5. The van der Waals surface area contributed by atoms with Crippen molar-refractivity contribution in [2.45, 2.75) is 38.4 Å². The third kappa shape index (κ3) is 7.62. The minimum absolute atomic E-state index is 0.00394. The van der Waals surface area contributed by atoms with Gasteiger partial charge in [0.05, 0.1) is 63.8 Å². The molecule has 0 aliphatic carbocycles. The largest absolute Gasteiger partial charge is 0.490 e. The highest BCUT2D eigenvalue weighted by molar-refractivity contribution is 6.31. The molecule has 2 atom stereocenters. The van der Waals surface area contributed by atoms with E-state index in [1.54, 1.807) is 19.1 Å². The summed E-state index contributed by atoms with van der Waals surface area (Å²) in [6.45, 7) is -0.865. The van der Waals surface area contributed by atoms with Gasteiger partial charge in [-0.1, -0.05) is 41.8 Å². The van der Waals surface area contributed by atoms with Crippen molar-refractivity contribution in [2.24, 2.45) is 12.9 Å². The Morgan fingerprint density at radius 3 is 2.55 bits per heavy atom. The SMILES string of the molecule is O=C(O)C(F)(F)F.[2H]C([2H])([2H])n1ncc2c1-c1ccnc(c1)[C@@H](n1cnc(-c3c(-n4cc(Cl)nn4)ccc(Cl)c3F)cc1=O)CCC[C@@H](C)C(=O)N2. The molecule has 13 nitrogen and oxygen atoms in total. The molecule has 2 N–H and O–H groups in total. The Hall–Kier alpha value is -5.16. The average molecular weight is 726 g/mol. The highest BCUT2D eigenvalue weighted by atomic mass is 35.5. The number of hydrogen-bond donors (Lipinski definition) is 2. The van der Waals surface area contributed by atoms with Gasteiger partial charge in [0.25, 0.3) is 5.56 Å². The van der Waals surface area contributed by atoms with Gasteiger partial charge in [0.1, 0.15) is 0 Å². The van der Waals surface area contributed by atoms with Gasteiger partial charge in [-0.2, -0.15) is 18.3 Å². The summed E-state index contributed by atoms with van der Waals surface area (Å²) >= 11 is 12.0. The number of nitrogens with one attached hydrogen (secondary N) is 1. The molecule has 19 heteroatoms. The number of amides is 1. The van der Waals surface area contributed by atoms with Crippen molar-refractivity contribution in [1.29, 1.82) is 0 Å². The van der Waals surface area contributed by atoms with Crippen LogP contribution in [0.1, 0.15) is 42.0 Å². The highest BCUT2D eigenvalue weighted by Gasteiger charge is 2.38. The fourth-order valence-corrected chi connectivity index (χ4v) is 5.33. The molecule has 4 aromatic heterocycles.